The van der Waals surface area contributed by atoms with Crippen LogP contribution in [0.3, 0.4) is 0 Å². The van der Waals surface area contributed by atoms with Crippen LogP contribution in [0.5, 0.6) is 0 Å². The third kappa shape index (κ3) is 2.86. The minimum Gasteiger partial charge on any atom is -0.466 e. The van der Waals surface area contributed by atoms with Gasteiger partial charge in [0.25, 0.3) is 0 Å². The predicted octanol–water partition coefficient (Wildman–Crippen LogP) is 2.94. The molecule has 0 bridgehead atoms. The molecule has 0 radical (unpaired) electrons. The number of rotatable bonds is 5. The summed E-state index contributed by atoms with van der Waals surface area (Å²) in [4.78, 5) is 14.0. The van der Waals surface area contributed by atoms with Gasteiger partial charge in [0, 0.05) is 30.0 Å². The van der Waals surface area contributed by atoms with E-state index in [1.54, 1.807) is 0 Å². The number of fused-ring (bicyclic) bond motifs is 1. The summed E-state index contributed by atoms with van der Waals surface area (Å²) in [6, 6.07) is 8.33. The van der Waals surface area contributed by atoms with Crippen LogP contribution in [-0.2, 0) is 9.53 Å². The maximum atomic E-state index is 11.6. The molecule has 1 heterocycles. The van der Waals surface area contributed by atoms with Crippen molar-refractivity contribution < 1.29 is 9.53 Å². The Morgan fingerprint density at radius 1 is 1.50 bits per heavy atom. The van der Waals surface area contributed by atoms with Gasteiger partial charge in [-0.05, 0) is 18.6 Å². The van der Waals surface area contributed by atoms with E-state index in [1.165, 1.54) is 11.3 Å². The highest BCUT2D eigenvalue weighted by molar-refractivity contribution is 9.09. The highest BCUT2D eigenvalue weighted by Gasteiger charge is 2.29. The molecular weight excluding hydrogens is 294 g/mol. The fraction of sp³-hybridized carbons (Fsp3) is 0.500. The summed E-state index contributed by atoms with van der Waals surface area (Å²) >= 11 is 3.47. The van der Waals surface area contributed by atoms with E-state index < -0.39 is 0 Å². The van der Waals surface area contributed by atoms with Gasteiger partial charge in [-0.25, -0.2) is 0 Å². The molecule has 4 heteroatoms. The van der Waals surface area contributed by atoms with Crippen LogP contribution in [0.4, 0.5) is 5.69 Å². The van der Waals surface area contributed by atoms with Crippen LogP contribution < -0.4 is 4.90 Å². The molecule has 0 amide bonds. The van der Waals surface area contributed by atoms with Crippen LogP contribution in [0.1, 0.15) is 24.8 Å². The number of anilines is 1. The van der Waals surface area contributed by atoms with E-state index in [4.69, 9.17) is 4.74 Å². The molecule has 3 nitrogen and oxygen atoms in total. The van der Waals surface area contributed by atoms with Crippen molar-refractivity contribution in [1.29, 1.82) is 0 Å². The van der Waals surface area contributed by atoms with Gasteiger partial charge in [-0.1, -0.05) is 34.1 Å². The van der Waals surface area contributed by atoms with E-state index >= 15 is 0 Å². The van der Waals surface area contributed by atoms with Gasteiger partial charge in [-0.15, -0.1) is 0 Å². The number of hydrogen-bond donors (Lipinski definition) is 0. The number of benzene rings is 1. The standard InChI is InChI=1S/C14H18BrNO2/c1-2-18-14(17)9-11-10-16(8-7-15)13-6-4-3-5-12(11)13/h3-6,11H,2,7-10H2,1H3. The normalized spacial score (nSPS) is 17.7. The van der Waals surface area contributed by atoms with Crippen molar-refractivity contribution in [1.82, 2.24) is 0 Å². The SMILES string of the molecule is CCOC(=O)CC1CN(CCBr)c2ccccc21. The summed E-state index contributed by atoms with van der Waals surface area (Å²) in [6.07, 6.45) is 0.476. The average molecular weight is 312 g/mol. The lowest BCUT2D eigenvalue weighted by molar-refractivity contribution is -0.143. The lowest BCUT2D eigenvalue weighted by Crippen LogP contribution is -2.24. The van der Waals surface area contributed by atoms with Gasteiger partial charge in [0.05, 0.1) is 13.0 Å². The summed E-state index contributed by atoms with van der Waals surface area (Å²) in [5.41, 5.74) is 2.53. The molecule has 1 aliphatic rings. The largest absolute Gasteiger partial charge is 0.466 e. The third-order valence-corrected chi connectivity index (χ3v) is 3.59. The second-order valence-electron chi connectivity index (χ2n) is 4.40. The van der Waals surface area contributed by atoms with Crippen LogP contribution in [0.15, 0.2) is 24.3 Å². The van der Waals surface area contributed by atoms with Crippen molar-refractivity contribution in [3.8, 4) is 0 Å². The molecule has 1 aliphatic heterocycles. The molecule has 1 unspecified atom stereocenters. The summed E-state index contributed by atoms with van der Waals surface area (Å²) in [6.45, 7) is 4.18. The Balaban J connectivity index is 2.12. The summed E-state index contributed by atoms with van der Waals surface area (Å²) in [5, 5.41) is 0.938. The topological polar surface area (TPSA) is 29.5 Å². The molecule has 0 saturated heterocycles. The lowest BCUT2D eigenvalue weighted by Gasteiger charge is -2.18. The Hall–Kier alpha value is -1.03. The molecule has 0 saturated carbocycles. The van der Waals surface area contributed by atoms with E-state index in [0.717, 1.165) is 18.4 Å². The Labute approximate surface area is 116 Å². The second kappa shape index (κ2) is 6.23. The fourth-order valence-electron chi connectivity index (χ4n) is 2.49. The molecule has 1 aromatic rings. The predicted molar refractivity (Wildman–Crippen MR) is 76.4 cm³/mol. The third-order valence-electron chi connectivity index (χ3n) is 3.23. The molecule has 1 aromatic carbocycles. The summed E-state index contributed by atoms with van der Waals surface area (Å²) in [7, 11) is 0. The number of carbonyl (C=O) groups is 1. The Kier molecular flexibility index (Phi) is 4.64. The van der Waals surface area contributed by atoms with Crippen molar-refractivity contribution in [2.75, 3.05) is 29.9 Å². The maximum Gasteiger partial charge on any atom is 0.306 e. The van der Waals surface area contributed by atoms with E-state index in [2.05, 4.69) is 33.0 Å². The van der Waals surface area contributed by atoms with Crippen LogP contribution in [-0.4, -0.2) is 31.0 Å². The smallest absolute Gasteiger partial charge is 0.306 e. The van der Waals surface area contributed by atoms with E-state index in [-0.39, 0.29) is 11.9 Å². The number of carbonyl (C=O) groups excluding carboxylic acids is 1. The summed E-state index contributed by atoms with van der Waals surface area (Å²) < 4.78 is 5.05. The van der Waals surface area contributed by atoms with Crippen molar-refractivity contribution in [2.24, 2.45) is 0 Å². The van der Waals surface area contributed by atoms with Crippen LogP contribution in [0.25, 0.3) is 0 Å². The second-order valence-corrected chi connectivity index (χ2v) is 5.19. The Morgan fingerprint density at radius 3 is 3.00 bits per heavy atom. The monoisotopic (exact) mass is 311 g/mol. The molecule has 0 aromatic heterocycles. The minimum atomic E-state index is -0.0991. The highest BCUT2D eigenvalue weighted by Crippen LogP contribution is 2.37. The van der Waals surface area contributed by atoms with E-state index in [1.807, 2.05) is 19.1 Å². The molecule has 0 spiro atoms. The molecular formula is C14H18BrNO2. The number of para-hydroxylation sites is 1. The van der Waals surface area contributed by atoms with Gasteiger partial charge >= 0.3 is 5.97 Å². The first-order valence-electron chi connectivity index (χ1n) is 6.31. The van der Waals surface area contributed by atoms with Gasteiger partial charge in [-0.3, -0.25) is 4.79 Å². The number of nitrogens with zero attached hydrogens (tertiary/aromatic N) is 1. The van der Waals surface area contributed by atoms with Gasteiger partial charge in [0.2, 0.25) is 0 Å². The number of ether oxygens (including phenoxy) is 1. The van der Waals surface area contributed by atoms with Gasteiger partial charge < -0.3 is 9.64 Å². The number of esters is 1. The van der Waals surface area contributed by atoms with Crippen LogP contribution in [0, 0.1) is 0 Å². The molecule has 98 valence electrons. The lowest BCUT2D eigenvalue weighted by atomic mass is 9.98. The zero-order chi connectivity index (χ0) is 13.0. The fourth-order valence-corrected chi connectivity index (χ4v) is 2.92. The molecule has 1 atom stereocenters. The molecule has 2 rings (SSSR count). The first-order valence-corrected chi connectivity index (χ1v) is 7.43. The number of halogens is 1. The zero-order valence-electron chi connectivity index (χ0n) is 10.6. The Bertz CT molecular complexity index is 422. The highest BCUT2D eigenvalue weighted by atomic mass is 79.9. The Morgan fingerprint density at radius 2 is 2.28 bits per heavy atom. The zero-order valence-corrected chi connectivity index (χ0v) is 12.1. The number of alkyl halides is 1. The minimum absolute atomic E-state index is 0.0991. The molecule has 0 N–H and O–H groups in total. The van der Waals surface area contributed by atoms with Crippen LogP contribution >= 0.6 is 15.9 Å². The maximum absolute atomic E-state index is 11.6. The van der Waals surface area contributed by atoms with Crippen molar-refractivity contribution in [2.45, 2.75) is 19.3 Å². The summed E-state index contributed by atoms with van der Waals surface area (Å²) in [5.74, 6) is 0.164. The van der Waals surface area contributed by atoms with Gasteiger partial charge in [0.1, 0.15) is 0 Å². The van der Waals surface area contributed by atoms with E-state index in [0.29, 0.717) is 13.0 Å². The first-order chi connectivity index (χ1) is 8.76. The van der Waals surface area contributed by atoms with Crippen LogP contribution in [0.2, 0.25) is 0 Å². The number of hydrogen-bond acceptors (Lipinski definition) is 3. The quantitative estimate of drug-likeness (QED) is 0.618. The van der Waals surface area contributed by atoms with Gasteiger partial charge in [-0.2, -0.15) is 0 Å². The van der Waals surface area contributed by atoms with Gasteiger partial charge in [0.15, 0.2) is 0 Å². The molecule has 18 heavy (non-hydrogen) atoms. The molecule has 0 fully saturated rings. The average Bonchev–Trinajstić information content (AvgIpc) is 2.69. The first kappa shape index (κ1) is 13.4. The van der Waals surface area contributed by atoms with Crippen molar-refractivity contribution in [3.63, 3.8) is 0 Å². The van der Waals surface area contributed by atoms with E-state index in [9.17, 15) is 4.79 Å². The van der Waals surface area contributed by atoms with Crippen molar-refractivity contribution >= 4 is 27.6 Å². The van der Waals surface area contributed by atoms with Crippen molar-refractivity contribution in [3.05, 3.63) is 29.8 Å². The molecule has 0 aliphatic carbocycles.